The van der Waals surface area contributed by atoms with E-state index in [0.717, 1.165) is 25.8 Å². The van der Waals surface area contributed by atoms with Gasteiger partial charge in [-0.2, -0.15) is 11.8 Å². The molecule has 102 valence electrons. The zero-order valence-electron chi connectivity index (χ0n) is 11.6. The highest BCUT2D eigenvalue weighted by atomic mass is 32.2. The van der Waals surface area contributed by atoms with Crippen molar-refractivity contribution in [2.24, 2.45) is 5.73 Å². The quantitative estimate of drug-likeness (QED) is 0.561. The Morgan fingerprint density at radius 3 is 2.47 bits per heavy atom. The van der Waals surface area contributed by atoms with Crippen LogP contribution in [0.5, 0.6) is 0 Å². The highest BCUT2D eigenvalue weighted by Crippen LogP contribution is 2.15. The molecule has 0 saturated heterocycles. The van der Waals surface area contributed by atoms with Crippen molar-refractivity contribution in [3.63, 3.8) is 0 Å². The zero-order valence-corrected chi connectivity index (χ0v) is 12.4. The summed E-state index contributed by atoms with van der Waals surface area (Å²) >= 11 is 1.99. The van der Waals surface area contributed by atoms with Crippen molar-refractivity contribution in [3.05, 3.63) is 0 Å². The van der Waals surface area contributed by atoms with Crippen LogP contribution in [0.25, 0.3) is 0 Å². The Hall–Kier alpha value is -0.220. The lowest BCUT2D eigenvalue weighted by Crippen LogP contribution is -2.53. The van der Waals surface area contributed by atoms with Crippen LogP contribution in [0.2, 0.25) is 0 Å². The Morgan fingerprint density at radius 1 is 1.24 bits per heavy atom. The van der Waals surface area contributed by atoms with Crippen LogP contribution >= 0.6 is 11.8 Å². The molecule has 3 nitrogen and oxygen atoms in total. The third-order valence-corrected chi connectivity index (χ3v) is 4.15. The highest BCUT2D eigenvalue weighted by molar-refractivity contribution is 7.99. The first kappa shape index (κ1) is 16.8. The molecule has 0 aromatic rings. The third-order valence-electron chi connectivity index (χ3n) is 2.87. The number of carbonyl (C=O) groups is 1. The van der Waals surface area contributed by atoms with Gasteiger partial charge in [0.2, 0.25) is 5.91 Å². The lowest BCUT2D eigenvalue weighted by atomic mass is 9.94. The van der Waals surface area contributed by atoms with Crippen LogP contribution in [0.15, 0.2) is 0 Å². The summed E-state index contributed by atoms with van der Waals surface area (Å²) in [6, 6.07) is 0. The second-order valence-corrected chi connectivity index (χ2v) is 5.92. The van der Waals surface area contributed by atoms with Gasteiger partial charge in [-0.15, -0.1) is 0 Å². The van der Waals surface area contributed by atoms with Gasteiger partial charge in [0.15, 0.2) is 0 Å². The molecule has 0 aliphatic rings. The summed E-state index contributed by atoms with van der Waals surface area (Å²) in [6.07, 6.45) is 5.33. The van der Waals surface area contributed by atoms with Gasteiger partial charge < -0.3 is 11.1 Å². The van der Waals surface area contributed by atoms with Crippen LogP contribution in [-0.2, 0) is 4.79 Å². The standard InChI is InChI=1S/C13H28N2OS/c1-4-9-15-13(3,12(14)16)8-6-7-11-17-10-5-2/h15H,4-11H2,1-3H3,(H2,14,16). The number of primary amides is 1. The molecule has 0 heterocycles. The van der Waals surface area contributed by atoms with Crippen molar-refractivity contribution in [2.75, 3.05) is 18.1 Å². The summed E-state index contributed by atoms with van der Waals surface area (Å²) in [5, 5.41) is 3.27. The van der Waals surface area contributed by atoms with Crippen molar-refractivity contribution >= 4 is 17.7 Å². The van der Waals surface area contributed by atoms with E-state index in [1.807, 2.05) is 18.7 Å². The molecule has 0 aliphatic carbocycles. The summed E-state index contributed by atoms with van der Waals surface area (Å²) in [5.74, 6) is 2.20. The van der Waals surface area contributed by atoms with E-state index in [-0.39, 0.29) is 5.91 Å². The smallest absolute Gasteiger partial charge is 0.237 e. The average molecular weight is 260 g/mol. The molecule has 0 aromatic heterocycles. The number of thioether (sulfide) groups is 1. The first-order chi connectivity index (χ1) is 8.06. The number of carbonyl (C=O) groups excluding carboxylic acids is 1. The first-order valence-electron chi connectivity index (χ1n) is 6.69. The van der Waals surface area contributed by atoms with Crippen LogP contribution < -0.4 is 11.1 Å². The maximum Gasteiger partial charge on any atom is 0.237 e. The van der Waals surface area contributed by atoms with E-state index in [2.05, 4.69) is 19.2 Å². The minimum absolute atomic E-state index is 0.229. The Balaban J connectivity index is 3.81. The molecule has 0 rings (SSSR count). The third kappa shape index (κ3) is 7.66. The molecular formula is C13H28N2OS. The van der Waals surface area contributed by atoms with Crippen LogP contribution in [0.4, 0.5) is 0 Å². The molecule has 17 heavy (non-hydrogen) atoms. The van der Waals surface area contributed by atoms with E-state index in [4.69, 9.17) is 5.73 Å². The SMILES string of the molecule is CCCNC(C)(CCCCSCCC)C(N)=O. The van der Waals surface area contributed by atoms with Gasteiger partial charge >= 0.3 is 0 Å². The summed E-state index contributed by atoms with van der Waals surface area (Å²) in [5.41, 5.74) is 4.95. The van der Waals surface area contributed by atoms with E-state index in [1.165, 1.54) is 24.3 Å². The van der Waals surface area contributed by atoms with E-state index < -0.39 is 5.54 Å². The first-order valence-corrected chi connectivity index (χ1v) is 7.85. The minimum Gasteiger partial charge on any atom is -0.368 e. The van der Waals surface area contributed by atoms with E-state index >= 15 is 0 Å². The summed E-state index contributed by atoms with van der Waals surface area (Å²) in [7, 11) is 0. The second kappa shape index (κ2) is 9.77. The lowest BCUT2D eigenvalue weighted by Gasteiger charge is -2.27. The fourth-order valence-electron chi connectivity index (χ4n) is 1.63. The normalized spacial score (nSPS) is 14.5. The van der Waals surface area contributed by atoms with E-state index in [0.29, 0.717) is 0 Å². The fraction of sp³-hybridized carbons (Fsp3) is 0.923. The molecule has 0 aliphatic heterocycles. The number of nitrogens with one attached hydrogen (secondary N) is 1. The Bertz CT molecular complexity index is 212. The van der Waals surface area contributed by atoms with Gasteiger partial charge in [-0.25, -0.2) is 0 Å². The molecule has 1 atom stereocenters. The van der Waals surface area contributed by atoms with Gasteiger partial charge in [0.05, 0.1) is 5.54 Å². The molecule has 4 heteroatoms. The average Bonchev–Trinajstić information content (AvgIpc) is 2.31. The van der Waals surface area contributed by atoms with Crippen molar-refractivity contribution in [2.45, 2.75) is 58.4 Å². The number of hydrogen-bond donors (Lipinski definition) is 2. The van der Waals surface area contributed by atoms with E-state index in [1.54, 1.807) is 0 Å². The molecule has 0 saturated carbocycles. The summed E-state index contributed by atoms with van der Waals surface area (Å²) < 4.78 is 0. The number of amides is 1. The minimum atomic E-state index is -0.522. The molecule has 0 spiro atoms. The Morgan fingerprint density at radius 2 is 1.94 bits per heavy atom. The fourth-order valence-corrected chi connectivity index (χ4v) is 2.53. The second-order valence-electron chi connectivity index (χ2n) is 4.69. The molecule has 0 fully saturated rings. The molecule has 1 unspecified atom stereocenters. The molecule has 1 amide bonds. The van der Waals surface area contributed by atoms with Crippen LogP contribution in [-0.4, -0.2) is 29.5 Å². The van der Waals surface area contributed by atoms with Crippen molar-refractivity contribution in [1.29, 1.82) is 0 Å². The van der Waals surface area contributed by atoms with Crippen molar-refractivity contribution in [3.8, 4) is 0 Å². The van der Waals surface area contributed by atoms with Gasteiger partial charge in [0.1, 0.15) is 0 Å². The monoisotopic (exact) mass is 260 g/mol. The van der Waals surface area contributed by atoms with Gasteiger partial charge in [-0.3, -0.25) is 4.79 Å². The maximum absolute atomic E-state index is 11.4. The van der Waals surface area contributed by atoms with Gasteiger partial charge in [0, 0.05) is 0 Å². The maximum atomic E-state index is 11.4. The topological polar surface area (TPSA) is 55.1 Å². The summed E-state index contributed by atoms with van der Waals surface area (Å²) in [4.78, 5) is 11.4. The largest absolute Gasteiger partial charge is 0.368 e. The Labute approximate surface area is 110 Å². The molecule has 0 aromatic carbocycles. The lowest BCUT2D eigenvalue weighted by molar-refractivity contribution is -0.124. The number of hydrogen-bond acceptors (Lipinski definition) is 3. The number of unbranched alkanes of at least 4 members (excludes halogenated alkanes) is 1. The molecule has 0 radical (unpaired) electrons. The molecule has 3 N–H and O–H groups in total. The van der Waals surface area contributed by atoms with Gasteiger partial charge in [-0.05, 0) is 50.7 Å². The van der Waals surface area contributed by atoms with Crippen molar-refractivity contribution in [1.82, 2.24) is 5.32 Å². The molecule has 0 bridgehead atoms. The Kier molecular flexibility index (Phi) is 9.65. The zero-order chi connectivity index (χ0) is 13.1. The predicted octanol–water partition coefficient (Wildman–Crippen LogP) is 2.54. The van der Waals surface area contributed by atoms with Crippen LogP contribution in [0.1, 0.15) is 52.9 Å². The predicted molar refractivity (Wildman–Crippen MR) is 77.4 cm³/mol. The van der Waals surface area contributed by atoms with Gasteiger partial charge in [0.25, 0.3) is 0 Å². The number of rotatable bonds is 11. The van der Waals surface area contributed by atoms with Gasteiger partial charge in [-0.1, -0.05) is 20.3 Å². The highest BCUT2D eigenvalue weighted by Gasteiger charge is 2.29. The molecular weight excluding hydrogens is 232 g/mol. The van der Waals surface area contributed by atoms with Crippen LogP contribution in [0.3, 0.4) is 0 Å². The summed E-state index contributed by atoms with van der Waals surface area (Å²) in [6.45, 7) is 7.07. The van der Waals surface area contributed by atoms with E-state index in [9.17, 15) is 4.79 Å². The van der Waals surface area contributed by atoms with Crippen LogP contribution in [0, 0.1) is 0 Å². The van der Waals surface area contributed by atoms with Crippen molar-refractivity contribution < 1.29 is 4.79 Å². The number of nitrogens with two attached hydrogens (primary N) is 1.